The Hall–Kier alpha value is -2.62. The molecule has 3 rings (SSSR count). The summed E-state index contributed by atoms with van der Waals surface area (Å²) in [6, 6.07) is 25.0. The molecule has 0 aliphatic rings. The average molecular weight is 365 g/mol. The van der Waals surface area contributed by atoms with Gasteiger partial charge >= 0.3 is 0 Å². The van der Waals surface area contributed by atoms with Crippen LogP contribution in [0.1, 0.15) is 34.5 Å². The van der Waals surface area contributed by atoms with Gasteiger partial charge in [0.1, 0.15) is 0 Å². The lowest BCUT2D eigenvalue weighted by Gasteiger charge is -2.16. The summed E-state index contributed by atoms with van der Waals surface area (Å²) in [6.07, 6.45) is 0. The Morgan fingerprint density at radius 3 is 2.27 bits per heavy atom. The molecule has 0 aliphatic carbocycles. The predicted molar refractivity (Wildman–Crippen MR) is 108 cm³/mol. The molecule has 26 heavy (non-hydrogen) atoms. The molecule has 3 aromatic carbocycles. The van der Waals surface area contributed by atoms with Gasteiger partial charge in [-0.2, -0.15) is 0 Å². The van der Waals surface area contributed by atoms with Gasteiger partial charge in [0.25, 0.3) is 5.91 Å². The molecule has 1 atom stereocenters. The van der Waals surface area contributed by atoms with E-state index in [1.54, 1.807) is 0 Å². The third-order valence-corrected chi connectivity index (χ3v) is 4.58. The molecule has 0 aromatic heterocycles. The lowest BCUT2D eigenvalue weighted by molar-refractivity contribution is 0.102. The van der Waals surface area contributed by atoms with E-state index in [4.69, 9.17) is 11.6 Å². The highest BCUT2D eigenvalue weighted by molar-refractivity contribution is 6.31. The van der Waals surface area contributed by atoms with E-state index in [2.05, 4.69) is 17.6 Å². The molecule has 4 heteroatoms. The number of hydrogen-bond acceptors (Lipinski definition) is 2. The van der Waals surface area contributed by atoms with Crippen LogP contribution in [0.3, 0.4) is 0 Å². The Bertz CT molecular complexity index is 863. The standard InChI is InChI=1S/C22H21ClN2O/c1-16(20-9-5-6-10-21(20)23)24-15-17-11-13-18(14-12-17)22(26)25-19-7-3-2-4-8-19/h2-14,16,24H,15H2,1H3,(H,25,26)/t16-/m0/s1. The zero-order valence-corrected chi connectivity index (χ0v) is 15.3. The molecule has 0 spiro atoms. The van der Waals surface area contributed by atoms with E-state index in [0.29, 0.717) is 12.1 Å². The molecule has 0 radical (unpaired) electrons. The number of nitrogens with one attached hydrogen (secondary N) is 2. The molecule has 1 amide bonds. The van der Waals surface area contributed by atoms with Crippen LogP contribution in [0.4, 0.5) is 5.69 Å². The first kappa shape index (κ1) is 18.2. The Labute approximate surface area is 159 Å². The number of benzene rings is 3. The van der Waals surface area contributed by atoms with E-state index < -0.39 is 0 Å². The Morgan fingerprint density at radius 2 is 1.58 bits per heavy atom. The number of rotatable bonds is 6. The maximum Gasteiger partial charge on any atom is 0.255 e. The second-order valence-corrected chi connectivity index (χ2v) is 6.55. The Balaban J connectivity index is 1.57. The summed E-state index contributed by atoms with van der Waals surface area (Å²) in [7, 11) is 0. The van der Waals surface area contributed by atoms with E-state index in [0.717, 1.165) is 21.8 Å². The van der Waals surface area contributed by atoms with Crippen LogP contribution >= 0.6 is 11.6 Å². The van der Waals surface area contributed by atoms with Gasteiger partial charge in [0, 0.05) is 28.9 Å². The van der Waals surface area contributed by atoms with Crippen LogP contribution in [0.2, 0.25) is 5.02 Å². The molecular formula is C22H21ClN2O. The minimum absolute atomic E-state index is 0.111. The highest BCUT2D eigenvalue weighted by atomic mass is 35.5. The van der Waals surface area contributed by atoms with Gasteiger partial charge in [-0.15, -0.1) is 0 Å². The molecule has 0 bridgehead atoms. The summed E-state index contributed by atoms with van der Waals surface area (Å²) in [5, 5.41) is 7.11. The zero-order chi connectivity index (χ0) is 18.4. The number of amides is 1. The van der Waals surface area contributed by atoms with Crippen molar-refractivity contribution in [2.24, 2.45) is 0 Å². The van der Waals surface area contributed by atoms with Gasteiger partial charge in [0.15, 0.2) is 0 Å². The van der Waals surface area contributed by atoms with Crippen molar-refractivity contribution in [3.63, 3.8) is 0 Å². The van der Waals surface area contributed by atoms with E-state index in [-0.39, 0.29) is 11.9 Å². The van der Waals surface area contributed by atoms with Crippen molar-refractivity contribution < 1.29 is 4.79 Å². The number of halogens is 1. The van der Waals surface area contributed by atoms with E-state index in [9.17, 15) is 4.79 Å². The average Bonchev–Trinajstić information content (AvgIpc) is 2.67. The number of carbonyl (C=O) groups is 1. The Morgan fingerprint density at radius 1 is 0.923 bits per heavy atom. The van der Waals surface area contributed by atoms with Crippen LogP contribution in [0.5, 0.6) is 0 Å². The highest BCUT2D eigenvalue weighted by Gasteiger charge is 2.09. The lowest BCUT2D eigenvalue weighted by atomic mass is 10.1. The number of para-hydroxylation sites is 1. The minimum atomic E-state index is -0.111. The van der Waals surface area contributed by atoms with Gasteiger partial charge in [0.05, 0.1) is 0 Å². The van der Waals surface area contributed by atoms with Crippen LogP contribution in [0, 0.1) is 0 Å². The van der Waals surface area contributed by atoms with Crippen LogP contribution in [0.15, 0.2) is 78.9 Å². The van der Waals surface area contributed by atoms with Gasteiger partial charge < -0.3 is 10.6 Å². The lowest BCUT2D eigenvalue weighted by Crippen LogP contribution is -2.18. The summed E-state index contributed by atoms with van der Waals surface area (Å²) < 4.78 is 0. The smallest absolute Gasteiger partial charge is 0.255 e. The van der Waals surface area contributed by atoms with Gasteiger partial charge in [-0.3, -0.25) is 4.79 Å². The largest absolute Gasteiger partial charge is 0.322 e. The topological polar surface area (TPSA) is 41.1 Å². The van der Waals surface area contributed by atoms with Crippen molar-refractivity contribution in [2.75, 3.05) is 5.32 Å². The molecule has 0 aliphatic heterocycles. The van der Waals surface area contributed by atoms with Gasteiger partial charge in [0.2, 0.25) is 0 Å². The molecule has 0 fully saturated rings. The minimum Gasteiger partial charge on any atom is -0.322 e. The molecule has 3 nitrogen and oxygen atoms in total. The summed E-state index contributed by atoms with van der Waals surface area (Å²) in [6.45, 7) is 2.79. The maximum atomic E-state index is 12.3. The Kier molecular flexibility index (Phi) is 6.05. The maximum absolute atomic E-state index is 12.3. The quantitative estimate of drug-likeness (QED) is 0.611. The number of anilines is 1. The fourth-order valence-electron chi connectivity index (χ4n) is 2.71. The first-order valence-electron chi connectivity index (χ1n) is 8.56. The molecule has 0 unspecified atom stereocenters. The van der Waals surface area contributed by atoms with Gasteiger partial charge in [-0.25, -0.2) is 0 Å². The second kappa shape index (κ2) is 8.65. The zero-order valence-electron chi connectivity index (χ0n) is 14.6. The van der Waals surface area contributed by atoms with Gasteiger partial charge in [-0.1, -0.05) is 60.1 Å². The molecule has 0 heterocycles. The van der Waals surface area contributed by atoms with Crippen LogP contribution in [0.25, 0.3) is 0 Å². The van der Waals surface area contributed by atoms with Gasteiger partial charge in [-0.05, 0) is 48.4 Å². The first-order chi connectivity index (χ1) is 12.6. The molecule has 0 saturated carbocycles. The fourth-order valence-corrected chi connectivity index (χ4v) is 3.01. The molecule has 132 valence electrons. The third-order valence-electron chi connectivity index (χ3n) is 4.23. The van der Waals surface area contributed by atoms with Crippen molar-refractivity contribution in [1.82, 2.24) is 5.32 Å². The van der Waals surface area contributed by atoms with Crippen LogP contribution < -0.4 is 10.6 Å². The molecule has 0 saturated heterocycles. The summed E-state index contributed by atoms with van der Waals surface area (Å²) in [5.74, 6) is -0.111. The molecule has 3 aromatic rings. The van der Waals surface area contributed by atoms with E-state index in [1.807, 2.05) is 78.9 Å². The number of carbonyl (C=O) groups excluding carboxylic acids is 1. The van der Waals surface area contributed by atoms with Crippen LogP contribution in [-0.2, 0) is 6.54 Å². The SMILES string of the molecule is C[C@H](NCc1ccc(C(=O)Nc2ccccc2)cc1)c1ccccc1Cl. The normalized spacial score (nSPS) is 11.8. The van der Waals surface area contributed by atoms with Crippen molar-refractivity contribution in [3.8, 4) is 0 Å². The van der Waals surface area contributed by atoms with Crippen molar-refractivity contribution in [1.29, 1.82) is 0 Å². The third kappa shape index (κ3) is 4.72. The second-order valence-electron chi connectivity index (χ2n) is 6.14. The van der Waals surface area contributed by atoms with E-state index in [1.165, 1.54) is 0 Å². The van der Waals surface area contributed by atoms with E-state index >= 15 is 0 Å². The summed E-state index contributed by atoms with van der Waals surface area (Å²) in [4.78, 5) is 12.3. The summed E-state index contributed by atoms with van der Waals surface area (Å²) in [5.41, 5.74) is 3.61. The predicted octanol–water partition coefficient (Wildman–Crippen LogP) is 5.44. The molecule has 2 N–H and O–H groups in total. The first-order valence-corrected chi connectivity index (χ1v) is 8.94. The number of hydrogen-bond donors (Lipinski definition) is 2. The fraction of sp³-hybridized carbons (Fsp3) is 0.136. The highest BCUT2D eigenvalue weighted by Crippen LogP contribution is 2.22. The summed E-state index contributed by atoms with van der Waals surface area (Å²) >= 11 is 6.24. The van der Waals surface area contributed by atoms with Crippen LogP contribution in [-0.4, -0.2) is 5.91 Å². The van der Waals surface area contributed by atoms with Crippen molar-refractivity contribution in [3.05, 3.63) is 101 Å². The monoisotopic (exact) mass is 364 g/mol. The van der Waals surface area contributed by atoms with Crippen molar-refractivity contribution >= 4 is 23.2 Å². The van der Waals surface area contributed by atoms with Crippen molar-refractivity contribution in [2.45, 2.75) is 19.5 Å². The molecular weight excluding hydrogens is 344 g/mol.